The predicted molar refractivity (Wildman–Crippen MR) is 77.1 cm³/mol. The molecule has 1 aliphatic rings. The highest BCUT2D eigenvalue weighted by Gasteiger charge is 2.21. The van der Waals surface area contributed by atoms with Gasteiger partial charge in [0.15, 0.2) is 0 Å². The minimum atomic E-state index is -4.10. The molecule has 0 aromatic heterocycles. The fourth-order valence-electron chi connectivity index (χ4n) is 1.99. The normalized spacial score (nSPS) is 15.0. The summed E-state index contributed by atoms with van der Waals surface area (Å²) in [6.07, 6.45) is 4.34. The van der Waals surface area contributed by atoms with Crippen LogP contribution in [-0.4, -0.2) is 20.9 Å². The molecule has 5 nitrogen and oxygen atoms in total. The van der Waals surface area contributed by atoms with Crippen molar-refractivity contribution in [1.29, 1.82) is 0 Å². The lowest BCUT2D eigenvalue weighted by atomic mass is 10.2. The average molecular weight is 335 g/mol. The van der Waals surface area contributed by atoms with Crippen LogP contribution in [0.4, 0.5) is 4.39 Å². The summed E-state index contributed by atoms with van der Waals surface area (Å²) in [4.78, 5) is 11.5. The fourth-order valence-corrected chi connectivity index (χ4v) is 2.73. The second-order valence-corrected chi connectivity index (χ2v) is 7.09. The molecule has 0 spiro atoms. The molecule has 1 aliphatic carbocycles. The Kier molecular flexibility index (Phi) is 4.85. The van der Waals surface area contributed by atoms with E-state index in [0.717, 1.165) is 24.8 Å². The lowest BCUT2D eigenvalue weighted by molar-refractivity contribution is 0.0952. The Hall–Kier alpha value is -1.18. The molecule has 2 rings (SSSR count). The Labute approximate surface area is 127 Å². The van der Waals surface area contributed by atoms with Crippen molar-refractivity contribution in [1.82, 2.24) is 5.32 Å². The van der Waals surface area contributed by atoms with E-state index in [9.17, 15) is 17.6 Å². The molecule has 0 aliphatic heterocycles. The number of halogens is 2. The van der Waals surface area contributed by atoms with Gasteiger partial charge in [0.1, 0.15) is 5.82 Å². The van der Waals surface area contributed by atoms with E-state index in [1.165, 1.54) is 12.8 Å². The minimum absolute atomic E-state index is 0.230. The maximum absolute atomic E-state index is 13.6. The summed E-state index contributed by atoms with van der Waals surface area (Å²) in [5.41, 5.74) is -0.230. The van der Waals surface area contributed by atoms with Gasteiger partial charge in [0.25, 0.3) is 5.91 Å². The molecule has 1 aromatic rings. The molecule has 1 saturated carbocycles. The topological polar surface area (TPSA) is 89.3 Å². The van der Waals surface area contributed by atoms with E-state index in [4.69, 9.17) is 16.7 Å². The lowest BCUT2D eigenvalue weighted by Gasteiger charge is -2.09. The number of hydrogen-bond acceptors (Lipinski definition) is 3. The first-order valence-electron chi connectivity index (χ1n) is 6.59. The molecule has 0 bridgehead atoms. The number of carbonyl (C=O) groups is 1. The van der Waals surface area contributed by atoms with E-state index in [0.29, 0.717) is 12.6 Å². The molecular formula is C13H16ClFN2O3S. The monoisotopic (exact) mass is 334 g/mol. The molecule has 116 valence electrons. The van der Waals surface area contributed by atoms with Crippen LogP contribution in [0.5, 0.6) is 0 Å². The third-order valence-corrected chi connectivity index (χ3v) is 4.62. The standard InChI is InChI=1S/C13H16ClFN2O3S/c14-12-10(6-9(7-11(12)15)21(16,19)20)13(18)17-5-1-2-8-3-4-8/h6-8H,1-5H2,(H,17,18)(H2,16,19,20). The summed E-state index contributed by atoms with van der Waals surface area (Å²) in [6.45, 7) is 0.437. The number of hydrogen-bond donors (Lipinski definition) is 2. The third-order valence-electron chi connectivity index (χ3n) is 3.35. The quantitative estimate of drug-likeness (QED) is 0.780. The highest BCUT2D eigenvalue weighted by Crippen LogP contribution is 2.33. The average Bonchev–Trinajstić information content (AvgIpc) is 3.20. The smallest absolute Gasteiger partial charge is 0.252 e. The maximum Gasteiger partial charge on any atom is 0.252 e. The van der Waals surface area contributed by atoms with Gasteiger partial charge in [-0.1, -0.05) is 24.4 Å². The van der Waals surface area contributed by atoms with Crippen molar-refractivity contribution in [2.24, 2.45) is 11.1 Å². The lowest BCUT2D eigenvalue weighted by Crippen LogP contribution is -2.25. The fraction of sp³-hybridized carbons (Fsp3) is 0.462. The van der Waals surface area contributed by atoms with Crippen LogP contribution in [0.3, 0.4) is 0 Å². The molecule has 1 amide bonds. The van der Waals surface area contributed by atoms with Gasteiger partial charge in [-0.15, -0.1) is 0 Å². The second kappa shape index (κ2) is 6.29. The number of nitrogens with one attached hydrogen (secondary N) is 1. The second-order valence-electron chi connectivity index (χ2n) is 5.15. The van der Waals surface area contributed by atoms with E-state index in [2.05, 4.69) is 5.32 Å². The zero-order valence-corrected chi connectivity index (χ0v) is 12.8. The number of sulfonamides is 1. The van der Waals surface area contributed by atoms with E-state index in [-0.39, 0.29) is 5.56 Å². The highest BCUT2D eigenvalue weighted by molar-refractivity contribution is 7.89. The van der Waals surface area contributed by atoms with Gasteiger partial charge < -0.3 is 5.32 Å². The molecule has 8 heteroatoms. The van der Waals surface area contributed by atoms with Gasteiger partial charge in [-0.2, -0.15) is 0 Å². The Balaban J connectivity index is 2.09. The summed E-state index contributed by atoms with van der Waals surface area (Å²) >= 11 is 5.71. The predicted octanol–water partition coefficient (Wildman–Crippen LogP) is 2.05. The van der Waals surface area contributed by atoms with Crippen LogP contribution in [0.1, 0.15) is 36.0 Å². The summed E-state index contributed by atoms with van der Waals surface area (Å²) in [5, 5.41) is 7.13. The van der Waals surface area contributed by atoms with Crippen molar-refractivity contribution >= 4 is 27.5 Å². The Morgan fingerprint density at radius 2 is 2.10 bits per heavy atom. The van der Waals surface area contributed by atoms with Crippen LogP contribution >= 0.6 is 11.6 Å². The molecular weight excluding hydrogens is 319 g/mol. The van der Waals surface area contributed by atoms with E-state index in [1.807, 2.05) is 0 Å². The molecule has 0 saturated heterocycles. The molecule has 1 aromatic carbocycles. The molecule has 3 N–H and O–H groups in total. The maximum atomic E-state index is 13.6. The largest absolute Gasteiger partial charge is 0.352 e. The van der Waals surface area contributed by atoms with Crippen molar-refractivity contribution in [3.8, 4) is 0 Å². The van der Waals surface area contributed by atoms with E-state index < -0.39 is 31.7 Å². The van der Waals surface area contributed by atoms with Crippen molar-refractivity contribution in [2.75, 3.05) is 6.54 Å². The third kappa shape index (κ3) is 4.39. The van der Waals surface area contributed by atoms with E-state index >= 15 is 0 Å². The van der Waals surface area contributed by atoms with Crippen molar-refractivity contribution in [3.63, 3.8) is 0 Å². The molecule has 0 unspecified atom stereocenters. The highest BCUT2D eigenvalue weighted by atomic mass is 35.5. The number of nitrogens with two attached hydrogens (primary N) is 1. The summed E-state index contributed by atoms with van der Waals surface area (Å²) in [5.74, 6) is -0.847. The molecule has 0 atom stereocenters. The molecule has 0 heterocycles. The zero-order valence-electron chi connectivity index (χ0n) is 11.2. The van der Waals surface area contributed by atoms with Gasteiger partial charge in [-0.25, -0.2) is 17.9 Å². The SMILES string of the molecule is NS(=O)(=O)c1cc(F)c(Cl)c(C(=O)NCCCC2CC2)c1. The first-order chi connectivity index (χ1) is 9.79. The van der Waals surface area contributed by atoms with Crippen molar-refractivity contribution < 1.29 is 17.6 Å². The molecule has 0 radical (unpaired) electrons. The van der Waals surface area contributed by atoms with Crippen LogP contribution < -0.4 is 10.5 Å². The van der Waals surface area contributed by atoms with Gasteiger partial charge in [-0.3, -0.25) is 4.79 Å². The summed E-state index contributed by atoms with van der Waals surface area (Å²) in [7, 11) is -4.10. The number of amides is 1. The van der Waals surface area contributed by atoms with Crippen LogP contribution in [0.25, 0.3) is 0 Å². The number of carbonyl (C=O) groups excluding carboxylic acids is 1. The van der Waals surface area contributed by atoms with Gasteiger partial charge in [0.2, 0.25) is 10.0 Å². The Bertz CT molecular complexity index is 660. The summed E-state index contributed by atoms with van der Waals surface area (Å²) in [6, 6.07) is 1.68. The van der Waals surface area contributed by atoms with Gasteiger partial charge >= 0.3 is 0 Å². The van der Waals surface area contributed by atoms with Gasteiger partial charge in [0.05, 0.1) is 15.5 Å². The molecule has 1 fully saturated rings. The number of primary sulfonamides is 1. The number of benzene rings is 1. The Morgan fingerprint density at radius 1 is 1.43 bits per heavy atom. The first-order valence-corrected chi connectivity index (χ1v) is 8.51. The van der Waals surface area contributed by atoms with Crippen molar-refractivity contribution in [2.45, 2.75) is 30.6 Å². The zero-order chi connectivity index (χ0) is 15.6. The minimum Gasteiger partial charge on any atom is -0.352 e. The van der Waals surface area contributed by atoms with Crippen LogP contribution in [0.15, 0.2) is 17.0 Å². The van der Waals surface area contributed by atoms with Crippen LogP contribution in [0, 0.1) is 11.7 Å². The number of rotatable bonds is 6. The van der Waals surface area contributed by atoms with Gasteiger partial charge in [-0.05, 0) is 30.9 Å². The van der Waals surface area contributed by atoms with E-state index in [1.54, 1.807) is 0 Å². The van der Waals surface area contributed by atoms with Crippen LogP contribution in [0.2, 0.25) is 5.02 Å². The first kappa shape index (κ1) is 16.2. The van der Waals surface area contributed by atoms with Crippen molar-refractivity contribution in [3.05, 3.63) is 28.5 Å². The molecule has 21 heavy (non-hydrogen) atoms. The summed E-state index contributed by atoms with van der Waals surface area (Å²) < 4.78 is 36.1. The Morgan fingerprint density at radius 3 is 2.67 bits per heavy atom. The van der Waals surface area contributed by atoms with Crippen LogP contribution in [-0.2, 0) is 10.0 Å². The van der Waals surface area contributed by atoms with Gasteiger partial charge in [0, 0.05) is 6.54 Å².